The van der Waals surface area contributed by atoms with Crippen molar-refractivity contribution in [2.24, 2.45) is 11.3 Å². The maximum atomic E-state index is 14.8. The van der Waals surface area contributed by atoms with E-state index in [4.69, 9.17) is 19.2 Å². The van der Waals surface area contributed by atoms with E-state index in [0.717, 1.165) is 39.0 Å². The number of methoxy groups -OCH3 is 1. The largest absolute Gasteiger partial charge is 0.508 e. The molecule has 2 saturated heterocycles. The maximum absolute atomic E-state index is 14.8. The minimum Gasteiger partial charge on any atom is -0.508 e. The minimum atomic E-state index is -1.21. The molecule has 7 rings (SSSR count). The number of benzene rings is 2. The zero-order chi connectivity index (χ0) is 52.2. The number of phenolic OH excluding ortho intramolecular Hbond substituents is 1. The Balaban J connectivity index is 1.22. The number of pyridine rings is 1. The topological polar surface area (TPSA) is 205 Å². The first-order valence-electron chi connectivity index (χ1n) is 25.1. The fourth-order valence-corrected chi connectivity index (χ4v) is 10.2. The SMILES string of the molecule is CCn1c(-c2cccnc2[C@H](C)OC)c2c3cc(ccc31)-c1cc(O)cc(c1)C[C@H](NC(=O)[C@H](C(C)C)N(C)C(=O)CN(C)C(=O)[C@@H]1CN1CCCOC(C)=O)C(=O)N1CCC[C@H](N1)C(=O)OCC(C)(C)C2. The van der Waals surface area contributed by atoms with E-state index in [1.54, 1.807) is 46.3 Å². The summed E-state index contributed by atoms with van der Waals surface area (Å²) in [6.45, 7) is 15.2. The summed E-state index contributed by atoms with van der Waals surface area (Å²) in [6.07, 6.45) is 3.43. The van der Waals surface area contributed by atoms with Gasteiger partial charge in [-0.1, -0.05) is 39.8 Å². The molecule has 18 nitrogen and oxygen atoms in total. The Morgan fingerprint density at radius 1 is 1.06 bits per heavy atom. The number of hydrazine groups is 1. The quantitative estimate of drug-likeness (QED) is 0.0814. The number of esters is 2. The molecule has 2 aromatic heterocycles. The Bertz CT molecular complexity index is 2680. The Hall–Kier alpha value is -6.37. The zero-order valence-corrected chi connectivity index (χ0v) is 43.5. The lowest BCUT2D eigenvalue weighted by Gasteiger charge is -2.37. The van der Waals surface area contributed by atoms with Crippen molar-refractivity contribution in [1.29, 1.82) is 0 Å². The number of nitrogens with one attached hydrogen (secondary N) is 2. The predicted octanol–water partition coefficient (Wildman–Crippen LogP) is 5.03. The molecule has 388 valence electrons. The molecule has 18 heteroatoms. The van der Waals surface area contributed by atoms with Crippen molar-refractivity contribution in [3.63, 3.8) is 0 Å². The average Bonchev–Trinajstić information content (AvgIpc) is 4.06. The van der Waals surface area contributed by atoms with Gasteiger partial charge < -0.3 is 39.0 Å². The summed E-state index contributed by atoms with van der Waals surface area (Å²) in [5.41, 5.74) is 9.38. The van der Waals surface area contributed by atoms with Gasteiger partial charge in [-0.3, -0.25) is 43.7 Å². The van der Waals surface area contributed by atoms with Gasteiger partial charge in [-0.15, -0.1) is 0 Å². The highest BCUT2D eigenvalue weighted by atomic mass is 16.5. The lowest BCUT2D eigenvalue weighted by Crippen LogP contribution is -2.62. The number of cyclic esters (lactones) is 1. The van der Waals surface area contributed by atoms with E-state index in [0.29, 0.717) is 56.4 Å². The van der Waals surface area contributed by atoms with Crippen LogP contribution in [0, 0.1) is 11.3 Å². The fourth-order valence-electron chi connectivity index (χ4n) is 10.2. The van der Waals surface area contributed by atoms with Crippen molar-refractivity contribution in [2.45, 2.75) is 117 Å². The number of hydrogen-bond acceptors (Lipinski definition) is 13. The molecule has 2 aromatic carbocycles. The average molecular weight is 993 g/mol. The van der Waals surface area contributed by atoms with Crippen LogP contribution in [-0.4, -0.2) is 155 Å². The van der Waals surface area contributed by atoms with Crippen LogP contribution in [0.1, 0.15) is 90.7 Å². The number of likely N-dealkylation sites (N-methyl/N-ethyl adjacent to an activating group) is 2. The normalized spacial score (nSPS) is 20.8. The zero-order valence-electron chi connectivity index (χ0n) is 43.5. The summed E-state index contributed by atoms with van der Waals surface area (Å²) in [4.78, 5) is 91.0. The number of ether oxygens (including phenoxy) is 3. The van der Waals surface area contributed by atoms with Crippen LogP contribution in [0.15, 0.2) is 54.7 Å². The van der Waals surface area contributed by atoms with E-state index in [2.05, 4.69) is 54.3 Å². The van der Waals surface area contributed by atoms with Gasteiger partial charge in [0.1, 0.15) is 29.9 Å². The van der Waals surface area contributed by atoms with E-state index in [-0.39, 0.29) is 62.5 Å². The van der Waals surface area contributed by atoms with Gasteiger partial charge in [-0.2, -0.15) is 0 Å². The number of aryl methyl sites for hydroxylation is 1. The molecular weight excluding hydrogens is 921 g/mol. The Morgan fingerprint density at radius 2 is 1.82 bits per heavy atom. The number of carbonyl (C=O) groups is 6. The van der Waals surface area contributed by atoms with Crippen molar-refractivity contribution in [3.05, 3.63) is 71.5 Å². The summed E-state index contributed by atoms with van der Waals surface area (Å²) in [6, 6.07) is 11.9. The maximum Gasteiger partial charge on any atom is 0.324 e. The summed E-state index contributed by atoms with van der Waals surface area (Å²) >= 11 is 0. The van der Waals surface area contributed by atoms with Gasteiger partial charge in [0, 0.05) is 88.8 Å². The molecule has 0 saturated carbocycles. The van der Waals surface area contributed by atoms with Crippen LogP contribution >= 0.6 is 0 Å². The molecule has 0 spiro atoms. The number of aromatic hydroxyl groups is 1. The van der Waals surface area contributed by atoms with E-state index >= 15 is 0 Å². The van der Waals surface area contributed by atoms with Crippen LogP contribution in [0.4, 0.5) is 0 Å². The van der Waals surface area contributed by atoms with Crippen molar-refractivity contribution in [2.75, 3.05) is 60.6 Å². The van der Waals surface area contributed by atoms with E-state index < -0.39 is 53.1 Å². The van der Waals surface area contributed by atoms with Gasteiger partial charge in [-0.25, -0.2) is 5.43 Å². The fraction of sp³-hybridized carbons (Fsp3) is 0.537. The summed E-state index contributed by atoms with van der Waals surface area (Å²) in [5, 5.41) is 16.7. The first-order valence-corrected chi connectivity index (χ1v) is 25.1. The highest BCUT2D eigenvalue weighted by Crippen LogP contribution is 2.42. The minimum absolute atomic E-state index is 0.0319. The number of fused-ring (bicyclic) bond motifs is 6. The number of amides is 4. The molecule has 3 aliphatic heterocycles. The molecule has 2 fully saturated rings. The Kier molecular flexibility index (Phi) is 16.8. The van der Waals surface area contributed by atoms with Crippen molar-refractivity contribution in [3.8, 4) is 28.1 Å². The van der Waals surface area contributed by atoms with Crippen molar-refractivity contribution in [1.82, 2.24) is 40.0 Å². The number of aromatic nitrogens is 2. The highest BCUT2D eigenvalue weighted by molar-refractivity contribution is 5.96. The molecule has 1 unspecified atom stereocenters. The van der Waals surface area contributed by atoms with Gasteiger partial charge in [0.05, 0.1) is 37.3 Å². The van der Waals surface area contributed by atoms with Gasteiger partial charge in [0.15, 0.2) is 0 Å². The molecule has 6 bridgehead atoms. The second-order valence-electron chi connectivity index (χ2n) is 20.6. The van der Waals surface area contributed by atoms with Gasteiger partial charge in [0.25, 0.3) is 5.91 Å². The van der Waals surface area contributed by atoms with Crippen molar-refractivity contribution < 1.29 is 48.1 Å². The first kappa shape index (κ1) is 53.4. The number of hydrogen-bond donors (Lipinski definition) is 3. The molecule has 3 N–H and O–H groups in total. The first-order chi connectivity index (χ1) is 34.2. The Morgan fingerprint density at radius 3 is 2.53 bits per heavy atom. The molecule has 3 aliphatic rings. The smallest absolute Gasteiger partial charge is 0.324 e. The molecule has 0 aliphatic carbocycles. The van der Waals surface area contributed by atoms with E-state index in [1.165, 1.54) is 28.8 Å². The van der Waals surface area contributed by atoms with Gasteiger partial charge in [0.2, 0.25) is 17.7 Å². The third-order valence-corrected chi connectivity index (χ3v) is 14.0. The predicted molar refractivity (Wildman–Crippen MR) is 271 cm³/mol. The van der Waals surface area contributed by atoms with Crippen LogP contribution < -0.4 is 10.7 Å². The van der Waals surface area contributed by atoms with Gasteiger partial charge in [-0.05, 0) is 104 Å². The van der Waals surface area contributed by atoms with Crippen LogP contribution in [0.25, 0.3) is 33.3 Å². The van der Waals surface area contributed by atoms with Gasteiger partial charge >= 0.3 is 11.9 Å². The van der Waals surface area contributed by atoms with Crippen LogP contribution in [-0.2, 0) is 62.4 Å². The van der Waals surface area contributed by atoms with E-state index in [1.807, 2.05) is 30.0 Å². The molecule has 6 atom stereocenters. The number of nitrogens with zero attached hydrogens (tertiary/aromatic N) is 6. The number of rotatable bonds is 15. The number of carbonyl (C=O) groups excluding carboxylic acids is 6. The van der Waals surface area contributed by atoms with Crippen LogP contribution in [0.3, 0.4) is 0 Å². The summed E-state index contributed by atoms with van der Waals surface area (Å²) in [5.74, 6) is -3.10. The molecule has 4 amide bonds. The lowest BCUT2D eigenvalue weighted by molar-refractivity contribution is -0.155. The highest BCUT2D eigenvalue weighted by Gasteiger charge is 2.43. The second-order valence-corrected chi connectivity index (χ2v) is 20.6. The lowest BCUT2D eigenvalue weighted by atomic mass is 9.84. The third kappa shape index (κ3) is 12.1. The molecule has 0 radical (unpaired) electrons. The molecule has 4 aromatic rings. The second kappa shape index (κ2) is 22.6. The molecular formula is C54H72N8O10. The summed E-state index contributed by atoms with van der Waals surface area (Å²) in [7, 11) is 4.72. The number of phenols is 1. The molecule has 72 heavy (non-hydrogen) atoms. The summed E-state index contributed by atoms with van der Waals surface area (Å²) < 4.78 is 19.2. The Labute approximate surface area is 422 Å². The van der Waals surface area contributed by atoms with Crippen LogP contribution in [0.5, 0.6) is 5.75 Å². The van der Waals surface area contributed by atoms with Crippen LogP contribution in [0.2, 0.25) is 0 Å². The third-order valence-electron chi connectivity index (χ3n) is 14.0. The monoisotopic (exact) mass is 993 g/mol. The molecule has 5 heterocycles. The van der Waals surface area contributed by atoms with Crippen molar-refractivity contribution >= 4 is 46.5 Å². The standard InChI is InChI=1S/C54H72N8O10/c1-11-61-44-18-17-36-27-40(44)41(49(61)39-15-12-19-55-47(39)33(4)70-10)28-54(6,7)31-72-53(69)42-16-13-21-62(57-42)51(67)43(25-35-23-37(36)26-38(64)24-35)56-50(66)48(32(2)3)59(9)46(65)30-58(8)52(68)45-29-60(45)20-14-22-71-34(5)63/h12,15,17-19,23-24,26-27,32-33,42-43,45,48,57,64H,11,13-14,16,20-22,25,28-31H2,1-10H3,(H,56,66)/t33-,42-,43-,45-,48-,60?/m0/s1. The van der Waals surface area contributed by atoms with E-state index in [9.17, 15) is 33.9 Å².